The van der Waals surface area contributed by atoms with Crippen LogP contribution in [0.3, 0.4) is 0 Å². The average molecular weight is 374 g/mol. The molecular formula is C13H22Cl2FN3O2S. The number of benzene rings is 1. The zero-order valence-electron chi connectivity index (χ0n) is 12.3. The highest BCUT2D eigenvalue weighted by molar-refractivity contribution is 7.89. The van der Waals surface area contributed by atoms with Gasteiger partial charge in [-0.15, -0.1) is 24.8 Å². The molecule has 0 spiro atoms. The number of hydrogen-bond donors (Lipinski definition) is 2. The van der Waals surface area contributed by atoms with Crippen molar-refractivity contribution < 1.29 is 12.8 Å². The SMILES string of the molecule is Cc1cc(S(=O)(=O)NCCN2CCNCC2)ccc1F.Cl.Cl. The maximum absolute atomic E-state index is 13.2. The van der Waals surface area contributed by atoms with Gasteiger partial charge in [0.1, 0.15) is 5.82 Å². The fourth-order valence-electron chi connectivity index (χ4n) is 2.14. The Hall–Kier alpha value is -0.440. The van der Waals surface area contributed by atoms with Crippen molar-refractivity contribution >= 4 is 34.8 Å². The van der Waals surface area contributed by atoms with E-state index >= 15 is 0 Å². The quantitative estimate of drug-likeness (QED) is 0.812. The van der Waals surface area contributed by atoms with Gasteiger partial charge in [0.15, 0.2) is 0 Å². The van der Waals surface area contributed by atoms with Crippen molar-refractivity contribution in [3.63, 3.8) is 0 Å². The molecular weight excluding hydrogens is 352 g/mol. The van der Waals surface area contributed by atoms with Crippen molar-refractivity contribution in [2.45, 2.75) is 11.8 Å². The van der Waals surface area contributed by atoms with Gasteiger partial charge in [0.25, 0.3) is 0 Å². The average Bonchev–Trinajstić information content (AvgIpc) is 2.43. The fourth-order valence-corrected chi connectivity index (χ4v) is 3.25. The molecule has 1 heterocycles. The van der Waals surface area contributed by atoms with Crippen molar-refractivity contribution in [3.8, 4) is 0 Å². The van der Waals surface area contributed by atoms with Crippen LogP contribution in [-0.2, 0) is 10.0 Å². The zero-order valence-corrected chi connectivity index (χ0v) is 14.8. The number of halogens is 3. The lowest BCUT2D eigenvalue weighted by Gasteiger charge is -2.27. The van der Waals surface area contributed by atoms with Crippen LogP contribution in [0, 0.1) is 12.7 Å². The summed E-state index contributed by atoms with van der Waals surface area (Å²) in [6.45, 7) is 6.32. The minimum atomic E-state index is -3.56. The molecule has 5 nitrogen and oxygen atoms in total. The van der Waals surface area contributed by atoms with Crippen LogP contribution in [0.1, 0.15) is 5.56 Å². The summed E-state index contributed by atoms with van der Waals surface area (Å²) in [5.74, 6) is -0.398. The Morgan fingerprint density at radius 2 is 1.91 bits per heavy atom. The summed E-state index contributed by atoms with van der Waals surface area (Å²) in [6, 6.07) is 3.82. The summed E-state index contributed by atoms with van der Waals surface area (Å²) in [4.78, 5) is 2.31. The lowest BCUT2D eigenvalue weighted by atomic mass is 10.2. The Kier molecular flexibility index (Phi) is 9.45. The summed E-state index contributed by atoms with van der Waals surface area (Å²) in [6.07, 6.45) is 0. The normalized spacial score (nSPS) is 15.7. The number of piperazine rings is 1. The molecule has 0 radical (unpaired) electrons. The second kappa shape index (κ2) is 9.64. The van der Waals surface area contributed by atoms with E-state index in [0.717, 1.165) is 26.2 Å². The molecule has 0 amide bonds. The molecule has 0 aromatic heterocycles. The van der Waals surface area contributed by atoms with Gasteiger partial charge in [0.2, 0.25) is 10.0 Å². The van der Waals surface area contributed by atoms with Crippen LogP contribution in [0.4, 0.5) is 4.39 Å². The molecule has 1 aromatic rings. The van der Waals surface area contributed by atoms with Crippen LogP contribution in [0.5, 0.6) is 0 Å². The first-order valence-corrected chi connectivity index (χ1v) is 8.16. The summed E-state index contributed by atoms with van der Waals surface area (Å²) in [7, 11) is -3.56. The van der Waals surface area contributed by atoms with E-state index in [4.69, 9.17) is 0 Å². The van der Waals surface area contributed by atoms with E-state index < -0.39 is 15.8 Å². The molecule has 0 saturated carbocycles. The standard InChI is InChI=1S/C13H20FN3O2S.2ClH/c1-11-10-12(2-3-13(11)14)20(18,19)16-6-9-17-7-4-15-5-8-17;;/h2-3,10,15-16H,4-9H2,1H3;2*1H. The van der Waals surface area contributed by atoms with Crippen LogP contribution in [0.2, 0.25) is 0 Å². The molecule has 0 unspecified atom stereocenters. The Morgan fingerprint density at radius 3 is 2.50 bits per heavy atom. The first-order valence-electron chi connectivity index (χ1n) is 6.68. The summed E-state index contributed by atoms with van der Waals surface area (Å²) < 4.78 is 39.9. The first kappa shape index (κ1) is 21.6. The Labute approximate surface area is 143 Å². The smallest absolute Gasteiger partial charge is 0.240 e. The Balaban J connectivity index is 0.00000220. The Morgan fingerprint density at radius 1 is 1.27 bits per heavy atom. The lowest BCUT2D eigenvalue weighted by molar-refractivity contribution is 0.245. The minimum absolute atomic E-state index is 0. The molecule has 1 aliphatic rings. The van der Waals surface area contributed by atoms with Crippen molar-refractivity contribution in [2.24, 2.45) is 0 Å². The summed E-state index contributed by atoms with van der Waals surface area (Å²) in [5, 5.41) is 3.24. The summed E-state index contributed by atoms with van der Waals surface area (Å²) in [5.41, 5.74) is 0.329. The molecule has 1 aliphatic heterocycles. The topological polar surface area (TPSA) is 61.4 Å². The maximum Gasteiger partial charge on any atom is 0.240 e. The second-order valence-electron chi connectivity index (χ2n) is 4.90. The fraction of sp³-hybridized carbons (Fsp3) is 0.538. The highest BCUT2D eigenvalue weighted by Crippen LogP contribution is 2.13. The van der Waals surface area contributed by atoms with Gasteiger partial charge < -0.3 is 5.32 Å². The van der Waals surface area contributed by atoms with E-state index in [1.807, 2.05) is 0 Å². The third-order valence-electron chi connectivity index (χ3n) is 3.37. The van der Waals surface area contributed by atoms with Gasteiger partial charge in [-0.25, -0.2) is 17.5 Å². The highest BCUT2D eigenvalue weighted by atomic mass is 35.5. The molecule has 1 saturated heterocycles. The molecule has 9 heteroatoms. The van der Waals surface area contributed by atoms with Gasteiger partial charge in [-0.05, 0) is 30.7 Å². The van der Waals surface area contributed by atoms with Crippen molar-refractivity contribution in [1.29, 1.82) is 0 Å². The van der Waals surface area contributed by atoms with Crippen molar-refractivity contribution in [3.05, 3.63) is 29.6 Å². The molecule has 0 bridgehead atoms. The number of hydrogen-bond acceptors (Lipinski definition) is 4. The van der Waals surface area contributed by atoms with Gasteiger partial charge in [0, 0.05) is 39.3 Å². The number of nitrogens with one attached hydrogen (secondary N) is 2. The van der Waals surface area contributed by atoms with Crippen molar-refractivity contribution in [2.75, 3.05) is 39.3 Å². The summed E-state index contributed by atoms with van der Waals surface area (Å²) >= 11 is 0. The van der Waals surface area contributed by atoms with E-state index in [1.165, 1.54) is 18.2 Å². The molecule has 1 fully saturated rings. The third-order valence-corrected chi connectivity index (χ3v) is 4.83. The molecule has 0 aliphatic carbocycles. The molecule has 2 N–H and O–H groups in total. The number of nitrogens with zero attached hydrogens (tertiary/aromatic N) is 1. The third kappa shape index (κ3) is 5.98. The minimum Gasteiger partial charge on any atom is -0.314 e. The predicted octanol–water partition coefficient (Wildman–Crippen LogP) is 1.16. The van der Waals surface area contributed by atoms with Crippen molar-refractivity contribution in [1.82, 2.24) is 14.9 Å². The van der Waals surface area contributed by atoms with Crippen LogP contribution < -0.4 is 10.0 Å². The maximum atomic E-state index is 13.2. The van der Waals surface area contributed by atoms with Gasteiger partial charge >= 0.3 is 0 Å². The van der Waals surface area contributed by atoms with Gasteiger partial charge in [-0.3, -0.25) is 4.90 Å². The predicted molar refractivity (Wildman–Crippen MR) is 90.1 cm³/mol. The Bertz CT molecular complexity index is 566. The second-order valence-corrected chi connectivity index (χ2v) is 6.67. The van der Waals surface area contributed by atoms with E-state index in [9.17, 15) is 12.8 Å². The van der Waals surface area contributed by atoms with Gasteiger partial charge in [-0.2, -0.15) is 0 Å². The van der Waals surface area contributed by atoms with Crippen LogP contribution in [-0.4, -0.2) is 52.6 Å². The van der Waals surface area contributed by atoms with E-state index in [1.54, 1.807) is 6.92 Å². The van der Waals surface area contributed by atoms with E-state index in [2.05, 4.69) is 14.9 Å². The van der Waals surface area contributed by atoms with Gasteiger partial charge in [0.05, 0.1) is 4.90 Å². The van der Waals surface area contributed by atoms with Gasteiger partial charge in [-0.1, -0.05) is 0 Å². The first-order chi connectivity index (χ1) is 9.49. The van der Waals surface area contributed by atoms with Crippen LogP contribution >= 0.6 is 24.8 Å². The monoisotopic (exact) mass is 373 g/mol. The lowest BCUT2D eigenvalue weighted by Crippen LogP contribution is -2.46. The van der Waals surface area contributed by atoms with E-state index in [0.29, 0.717) is 18.7 Å². The number of rotatable bonds is 5. The number of sulfonamides is 1. The molecule has 22 heavy (non-hydrogen) atoms. The van der Waals surface area contributed by atoms with E-state index in [-0.39, 0.29) is 29.7 Å². The highest BCUT2D eigenvalue weighted by Gasteiger charge is 2.16. The molecule has 0 atom stereocenters. The number of aryl methyl sites for hydroxylation is 1. The molecule has 128 valence electrons. The van der Waals surface area contributed by atoms with Crippen LogP contribution in [0.15, 0.2) is 23.1 Å². The largest absolute Gasteiger partial charge is 0.314 e. The molecule has 1 aromatic carbocycles. The molecule has 2 rings (SSSR count). The zero-order chi connectivity index (χ0) is 14.6. The van der Waals surface area contributed by atoms with Crippen LogP contribution in [0.25, 0.3) is 0 Å².